The van der Waals surface area contributed by atoms with Crippen molar-refractivity contribution in [3.8, 4) is 0 Å². The molecule has 0 saturated carbocycles. The molecule has 0 atom stereocenters. The Hall–Kier alpha value is -1.05. The number of anilines is 1. The molecule has 1 rings (SSSR count). The highest BCUT2D eigenvalue weighted by Crippen LogP contribution is 2.16. The minimum Gasteiger partial charge on any atom is -0.373 e. The molecule has 1 aromatic rings. The average molecular weight is 276 g/mol. The van der Waals surface area contributed by atoms with Gasteiger partial charge in [-0.1, -0.05) is 58.9 Å². The van der Waals surface area contributed by atoms with Gasteiger partial charge in [-0.3, -0.25) is 0 Å². The highest BCUT2D eigenvalue weighted by Gasteiger charge is 2.03. The van der Waals surface area contributed by atoms with Gasteiger partial charge in [-0.05, 0) is 36.8 Å². The summed E-state index contributed by atoms with van der Waals surface area (Å²) in [5.41, 5.74) is 2.54. The molecule has 0 aliphatic carbocycles. The summed E-state index contributed by atoms with van der Waals surface area (Å²) in [6.45, 7) is 6.80. The Labute approximate surface area is 125 Å². The fourth-order valence-electron chi connectivity index (χ4n) is 2.56. The van der Waals surface area contributed by atoms with Crippen LogP contribution in [-0.2, 0) is 12.8 Å². The van der Waals surface area contributed by atoms with E-state index in [0.29, 0.717) is 0 Å². The molecule has 0 aromatic carbocycles. The van der Waals surface area contributed by atoms with Crippen molar-refractivity contribution in [3.63, 3.8) is 0 Å². The Bertz CT molecular complexity index is 372. The summed E-state index contributed by atoms with van der Waals surface area (Å²) in [6.07, 6.45) is 10.3. The molecule has 0 aliphatic heterocycles. The quantitative estimate of drug-likeness (QED) is 0.592. The van der Waals surface area contributed by atoms with Crippen LogP contribution in [0.3, 0.4) is 0 Å². The van der Waals surface area contributed by atoms with Gasteiger partial charge < -0.3 is 5.32 Å². The molecule has 0 spiro atoms. The minimum atomic E-state index is 0.858. The second-order valence-corrected chi connectivity index (χ2v) is 6.11. The molecule has 1 heterocycles. The lowest BCUT2D eigenvalue weighted by Crippen LogP contribution is -2.01. The van der Waals surface area contributed by atoms with E-state index in [1.54, 1.807) is 0 Å². The number of hydrogen-bond acceptors (Lipinski definition) is 2. The standard InChI is InChI=1S/C18H32N2/c1-5-16-13-14-17(20-18(16)19-4)12-10-8-6-7-9-11-15(2)3/h13-15H,5-12H2,1-4H3,(H,19,20). The predicted molar refractivity (Wildman–Crippen MR) is 89.4 cm³/mol. The minimum absolute atomic E-state index is 0.858. The fourth-order valence-corrected chi connectivity index (χ4v) is 2.56. The van der Waals surface area contributed by atoms with Crippen molar-refractivity contribution in [1.82, 2.24) is 4.98 Å². The van der Waals surface area contributed by atoms with E-state index in [0.717, 1.165) is 24.6 Å². The lowest BCUT2D eigenvalue weighted by molar-refractivity contribution is 0.514. The van der Waals surface area contributed by atoms with Gasteiger partial charge in [0.05, 0.1) is 0 Å². The number of hydrogen-bond donors (Lipinski definition) is 1. The summed E-state index contributed by atoms with van der Waals surface area (Å²) in [7, 11) is 1.96. The van der Waals surface area contributed by atoms with Gasteiger partial charge in [0.1, 0.15) is 5.82 Å². The first kappa shape index (κ1) is 17.0. The third kappa shape index (κ3) is 6.40. The Balaban J connectivity index is 2.22. The van der Waals surface area contributed by atoms with Gasteiger partial charge >= 0.3 is 0 Å². The maximum absolute atomic E-state index is 4.71. The summed E-state index contributed by atoms with van der Waals surface area (Å²) < 4.78 is 0. The average Bonchev–Trinajstić information content (AvgIpc) is 2.45. The van der Waals surface area contributed by atoms with Gasteiger partial charge in [-0.15, -0.1) is 0 Å². The van der Waals surface area contributed by atoms with E-state index in [1.807, 2.05) is 7.05 Å². The molecule has 0 bridgehead atoms. The summed E-state index contributed by atoms with van der Waals surface area (Å²) >= 11 is 0. The highest BCUT2D eigenvalue weighted by molar-refractivity contribution is 5.44. The van der Waals surface area contributed by atoms with Crippen LogP contribution in [-0.4, -0.2) is 12.0 Å². The molecule has 0 saturated heterocycles. The number of unbranched alkanes of at least 4 members (excludes halogenated alkanes) is 4. The van der Waals surface area contributed by atoms with Crippen LogP contribution >= 0.6 is 0 Å². The first-order valence-corrected chi connectivity index (χ1v) is 8.34. The zero-order valence-electron chi connectivity index (χ0n) is 13.8. The highest BCUT2D eigenvalue weighted by atomic mass is 15.0. The van der Waals surface area contributed by atoms with Crippen LogP contribution in [0.5, 0.6) is 0 Å². The molecule has 0 aliphatic rings. The molecule has 114 valence electrons. The van der Waals surface area contributed by atoms with Crippen molar-refractivity contribution in [2.75, 3.05) is 12.4 Å². The second kappa shape index (κ2) is 9.79. The van der Waals surface area contributed by atoms with Crippen LogP contribution < -0.4 is 5.32 Å². The molecule has 1 N–H and O–H groups in total. The Morgan fingerprint density at radius 2 is 1.75 bits per heavy atom. The lowest BCUT2D eigenvalue weighted by atomic mass is 10.0. The van der Waals surface area contributed by atoms with E-state index in [-0.39, 0.29) is 0 Å². The lowest BCUT2D eigenvalue weighted by Gasteiger charge is -2.09. The van der Waals surface area contributed by atoms with Crippen LogP contribution in [0.2, 0.25) is 0 Å². The molecule has 0 amide bonds. The molecular formula is C18H32N2. The molecule has 0 unspecified atom stereocenters. The smallest absolute Gasteiger partial charge is 0.129 e. The fraction of sp³-hybridized carbons (Fsp3) is 0.722. The van der Waals surface area contributed by atoms with Crippen LogP contribution in [0.4, 0.5) is 5.82 Å². The van der Waals surface area contributed by atoms with E-state index in [1.165, 1.54) is 49.8 Å². The first-order chi connectivity index (χ1) is 9.67. The van der Waals surface area contributed by atoms with Gasteiger partial charge in [0.2, 0.25) is 0 Å². The topological polar surface area (TPSA) is 24.9 Å². The summed E-state index contributed by atoms with van der Waals surface area (Å²) in [4.78, 5) is 4.71. The molecule has 0 fully saturated rings. The summed E-state index contributed by atoms with van der Waals surface area (Å²) in [5, 5.41) is 3.20. The number of aryl methyl sites for hydroxylation is 2. The Kier molecular flexibility index (Phi) is 8.32. The number of rotatable bonds is 10. The van der Waals surface area contributed by atoms with Crippen molar-refractivity contribution in [1.29, 1.82) is 0 Å². The summed E-state index contributed by atoms with van der Waals surface area (Å²) in [6, 6.07) is 4.41. The van der Waals surface area contributed by atoms with Crippen LogP contribution in [0.15, 0.2) is 12.1 Å². The number of pyridine rings is 1. The van der Waals surface area contributed by atoms with Gasteiger partial charge in [0, 0.05) is 12.7 Å². The first-order valence-electron chi connectivity index (χ1n) is 8.34. The van der Waals surface area contributed by atoms with Crippen LogP contribution in [0, 0.1) is 5.92 Å². The van der Waals surface area contributed by atoms with E-state index < -0.39 is 0 Å². The molecule has 0 radical (unpaired) electrons. The van der Waals surface area contributed by atoms with Crippen molar-refractivity contribution in [2.45, 2.75) is 72.1 Å². The molecule has 20 heavy (non-hydrogen) atoms. The Morgan fingerprint density at radius 1 is 1.05 bits per heavy atom. The van der Waals surface area contributed by atoms with Crippen molar-refractivity contribution >= 4 is 5.82 Å². The maximum Gasteiger partial charge on any atom is 0.129 e. The SMILES string of the molecule is CCc1ccc(CCCCCCCC(C)C)nc1NC. The van der Waals surface area contributed by atoms with Gasteiger partial charge in [0.25, 0.3) is 0 Å². The van der Waals surface area contributed by atoms with Crippen LogP contribution in [0.25, 0.3) is 0 Å². The number of aromatic nitrogens is 1. The molecular weight excluding hydrogens is 244 g/mol. The third-order valence-electron chi connectivity index (χ3n) is 3.87. The van der Waals surface area contributed by atoms with E-state index in [2.05, 4.69) is 38.2 Å². The summed E-state index contributed by atoms with van der Waals surface area (Å²) in [5.74, 6) is 1.91. The monoisotopic (exact) mass is 276 g/mol. The zero-order valence-corrected chi connectivity index (χ0v) is 13.8. The van der Waals surface area contributed by atoms with Gasteiger partial charge in [-0.2, -0.15) is 0 Å². The van der Waals surface area contributed by atoms with Gasteiger partial charge in [-0.25, -0.2) is 4.98 Å². The third-order valence-corrected chi connectivity index (χ3v) is 3.87. The number of nitrogens with one attached hydrogen (secondary N) is 1. The van der Waals surface area contributed by atoms with E-state index >= 15 is 0 Å². The van der Waals surface area contributed by atoms with Crippen molar-refractivity contribution < 1.29 is 0 Å². The molecule has 2 heteroatoms. The Morgan fingerprint density at radius 3 is 2.40 bits per heavy atom. The molecule has 1 aromatic heterocycles. The van der Waals surface area contributed by atoms with E-state index in [9.17, 15) is 0 Å². The molecule has 2 nitrogen and oxygen atoms in total. The van der Waals surface area contributed by atoms with Gasteiger partial charge in [0.15, 0.2) is 0 Å². The van der Waals surface area contributed by atoms with E-state index in [4.69, 9.17) is 4.98 Å². The van der Waals surface area contributed by atoms with Crippen molar-refractivity contribution in [3.05, 3.63) is 23.4 Å². The van der Waals surface area contributed by atoms with Crippen LogP contribution in [0.1, 0.15) is 70.6 Å². The second-order valence-electron chi connectivity index (χ2n) is 6.11. The van der Waals surface area contributed by atoms with Crippen molar-refractivity contribution in [2.24, 2.45) is 5.92 Å². The maximum atomic E-state index is 4.71. The normalized spacial score (nSPS) is 11.1. The predicted octanol–water partition coefficient (Wildman–Crippen LogP) is 5.22. The zero-order chi connectivity index (χ0) is 14.8. The number of nitrogens with zero attached hydrogens (tertiary/aromatic N) is 1. The largest absolute Gasteiger partial charge is 0.373 e.